The van der Waals surface area contributed by atoms with Gasteiger partial charge in [0, 0.05) is 11.6 Å². The molecule has 104 valence electrons. The molecule has 0 bridgehead atoms. The molecule has 7 heteroatoms. The van der Waals surface area contributed by atoms with Crippen LogP contribution in [0.15, 0.2) is 30.3 Å². The van der Waals surface area contributed by atoms with E-state index in [-0.39, 0.29) is 28.3 Å². The van der Waals surface area contributed by atoms with Crippen LogP contribution in [0.3, 0.4) is 0 Å². The van der Waals surface area contributed by atoms with Gasteiger partial charge < -0.3 is 4.74 Å². The van der Waals surface area contributed by atoms with Crippen molar-refractivity contribution in [3.8, 4) is 5.75 Å². The first kappa shape index (κ1) is 14.6. The van der Waals surface area contributed by atoms with Gasteiger partial charge in [0.1, 0.15) is 16.9 Å². The number of aromatic nitrogens is 1. The molecule has 0 aliphatic rings. The molecule has 0 radical (unpaired) electrons. The van der Waals surface area contributed by atoms with Crippen LogP contribution in [-0.4, -0.2) is 9.91 Å². The van der Waals surface area contributed by atoms with E-state index in [4.69, 9.17) is 27.9 Å². The van der Waals surface area contributed by atoms with Crippen LogP contribution in [0.5, 0.6) is 5.75 Å². The van der Waals surface area contributed by atoms with Gasteiger partial charge in [-0.05, 0) is 30.7 Å². The molecule has 0 aliphatic carbocycles. The third kappa shape index (κ3) is 3.37. The van der Waals surface area contributed by atoms with Gasteiger partial charge in [0.2, 0.25) is 0 Å². The van der Waals surface area contributed by atoms with Crippen LogP contribution in [0.25, 0.3) is 0 Å². The lowest BCUT2D eigenvalue weighted by molar-refractivity contribution is -0.386. The molecule has 0 unspecified atom stereocenters. The standard InChI is InChI=1S/C13H10Cl2N2O3/c1-8-2-4-11(10(6-8)17(18)19)20-7-9-3-5-12(14)16-13(9)15/h2-6H,7H2,1H3. The van der Waals surface area contributed by atoms with Gasteiger partial charge in [-0.3, -0.25) is 10.1 Å². The first-order valence-electron chi connectivity index (χ1n) is 5.66. The van der Waals surface area contributed by atoms with Crippen molar-refractivity contribution in [1.29, 1.82) is 0 Å². The Labute approximate surface area is 125 Å². The van der Waals surface area contributed by atoms with Crippen molar-refractivity contribution in [2.75, 3.05) is 0 Å². The Morgan fingerprint density at radius 3 is 2.70 bits per heavy atom. The monoisotopic (exact) mass is 312 g/mol. The maximum Gasteiger partial charge on any atom is 0.311 e. The first-order valence-corrected chi connectivity index (χ1v) is 6.41. The van der Waals surface area contributed by atoms with Gasteiger partial charge in [0.15, 0.2) is 5.75 Å². The summed E-state index contributed by atoms with van der Waals surface area (Å²) in [6.45, 7) is 1.85. The number of benzene rings is 1. The fraction of sp³-hybridized carbons (Fsp3) is 0.154. The van der Waals surface area contributed by atoms with Crippen molar-refractivity contribution in [2.24, 2.45) is 0 Å². The van der Waals surface area contributed by atoms with E-state index in [1.165, 1.54) is 6.07 Å². The second-order valence-electron chi connectivity index (χ2n) is 4.10. The van der Waals surface area contributed by atoms with Gasteiger partial charge >= 0.3 is 5.69 Å². The van der Waals surface area contributed by atoms with E-state index in [2.05, 4.69) is 4.98 Å². The van der Waals surface area contributed by atoms with Crippen LogP contribution in [0.2, 0.25) is 10.3 Å². The molecular weight excluding hydrogens is 303 g/mol. The third-order valence-corrected chi connectivity index (χ3v) is 3.12. The lowest BCUT2D eigenvalue weighted by atomic mass is 10.2. The molecule has 5 nitrogen and oxygen atoms in total. The molecule has 0 saturated heterocycles. The number of hydrogen-bond acceptors (Lipinski definition) is 4. The van der Waals surface area contributed by atoms with Crippen LogP contribution in [0, 0.1) is 17.0 Å². The molecule has 2 aromatic rings. The highest BCUT2D eigenvalue weighted by atomic mass is 35.5. The largest absolute Gasteiger partial charge is 0.482 e. The number of nitro benzene ring substituents is 1. The van der Waals surface area contributed by atoms with E-state index < -0.39 is 4.92 Å². The maximum atomic E-state index is 11.0. The second kappa shape index (κ2) is 6.07. The average Bonchev–Trinajstić information content (AvgIpc) is 2.38. The number of rotatable bonds is 4. The number of pyridine rings is 1. The lowest BCUT2D eigenvalue weighted by Gasteiger charge is -2.08. The number of nitro groups is 1. The van der Waals surface area contributed by atoms with Crippen molar-refractivity contribution in [2.45, 2.75) is 13.5 Å². The minimum Gasteiger partial charge on any atom is -0.482 e. The van der Waals surface area contributed by atoms with Crippen LogP contribution in [0.4, 0.5) is 5.69 Å². The third-order valence-electron chi connectivity index (χ3n) is 2.59. The van der Waals surface area contributed by atoms with Gasteiger partial charge in [0.25, 0.3) is 0 Å². The Morgan fingerprint density at radius 2 is 2.05 bits per heavy atom. The van der Waals surface area contributed by atoms with Crippen molar-refractivity contribution >= 4 is 28.9 Å². The Morgan fingerprint density at radius 1 is 1.30 bits per heavy atom. The van der Waals surface area contributed by atoms with Gasteiger partial charge in [-0.15, -0.1) is 0 Å². The zero-order valence-corrected chi connectivity index (χ0v) is 12.0. The summed E-state index contributed by atoms with van der Waals surface area (Å²) in [5, 5.41) is 11.5. The van der Waals surface area contributed by atoms with Crippen LogP contribution in [0.1, 0.15) is 11.1 Å². The number of hydrogen-bond donors (Lipinski definition) is 0. The predicted octanol–water partition coefficient (Wildman–Crippen LogP) is 4.18. The highest BCUT2D eigenvalue weighted by molar-refractivity contribution is 6.32. The topological polar surface area (TPSA) is 65.3 Å². The minimum absolute atomic E-state index is 0.0763. The van der Waals surface area contributed by atoms with E-state index in [0.29, 0.717) is 5.56 Å². The van der Waals surface area contributed by atoms with Gasteiger partial charge in [-0.2, -0.15) is 0 Å². The van der Waals surface area contributed by atoms with E-state index in [9.17, 15) is 10.1 Å². The lowest BCUT2D eigenvalue weighted by Crippen LogP contribution is -2.00. The molecule has 0 fully saturated rings. The molecule has 0 aliphatic heterocycles. The van der Waals surface area contributed by atoms with E-state index in [0.717, 1.165) is 5.56 Å². The van der Waals surface area contributed by atoms with E-state index in [1.54, 1.807) is 31.2 Å². The fourth-order valence-electron chi connectivity index (χ4n) is 1.60. The number of nitrogens with zero attached hydrogens (tertiary/aromatic N) is 2. The summed E-state index contributed by atoms with van der Waals surface area (Å²) in [5.41, 5.74) is 1.31. The number of aryl methyl sites for hydroxylation is 1. The molecule has 1 heterocycles. The van der Waals surface area contributed by atoms with Gasteiger partial charge in [-0.1, -0.05) is 29.3 Å². The predicted molar refractivity (Wildman–Crippen MR) is 76.4 cm³/mol. The molecule has 0 atom stereocenters. The molecule has 0 amide bonds. The Kier molecular flexibility index (Phi) is 4.42. The summed E-state index contributed by atoms with van der Waals surface area (Å²) in [7, 11) is 0. The van der Waals surface area contributed by atoms with Gasteiger partial charge in [0.05, 0.1) is 4.92 Å². The zero-order valence-electron chi connectivity index (χ0n) is 10.5. The average molecular weight is 313 g/mol. The van der Waals surface area contributed by atoms with Crippen LogP contribution >= 0.6 is 23.2 Å². The quantitative estimate of drug-likeness (QED) is 0.482. The van der Waals surface area contributed by atoms with Crippen molar-refractivity contribution in [1.82, 2.24) is 4.98 Å². The summed E-state index contributed by atoms with van der Waals surface area (Å²) < 4.78 is 5.45. The van der Waals surface area contributed by atoms with E-state index >= 15 is 0 Å². The number of halogens is 2. The van der Waals surface area contributed by atoms with Crippen molar-refractivity contribution in [3.63, 3.8) is 0 Å². The Hall–Kier alpha value is -1.85. The zero-order chi connectivity index (χ0) is 14.7. The minimum atomic E-state index is -0.482. The molecule has 0 saturated carbocycles. The first-order chi connectivity index (χ1) is 9.47. The normalized spacial score (nSPS) is 10.3. The smallest absolute Gasteiger partial charge is 0.311 e. The Bertz CT molecular complexity index is 662. The van der Waals surface area contributed by atoms with Crippen molar-refractivity contribution in [3.05, 3.63) is 61.9 Å². The molecule has 0 spiro atoms. The molecule has 1 aromatic heterocycles. The summed E-state index contributed by atoms with van der Waals surface area (Å²) >= 11 is 11.6. The van der Waals surface area contributed by atoms with Crippen LogP contribution < -0.4 is 4.74 Å². The number of ether oxygens (including phenoxy) is 1. The van der Waals surface area contributed by atoms with Crippen molar-refractivity contribution < 1.29 is 9.66 Å². The van der Waals surface area contributed by atoms with E-state index in [1.807, 2.05) is 0 Å². The molecule has 0 N–H and O–H groups in total. The summed E-state index contributed by atoms with van der Waals surface area (Å²) in [6, 6.07) is 8.00. The molecule has 1 aromatic carbocycles. The van der Waals surface area contributed by atoms with Gasteiger partial charge in [-0.25, -0.2) is 4.98 Å². The highest BCUT2D eigenvalue weighted by Crippen LogP contribution is 2.29. The fourth-order valence-corrected chi connectivity index (χ4v) is 2.00. The summed E-state index contributed by atoms with van der Waals surface area (Å²) in [6.07, 6.45) is 0. The summed E-state index contributed by atoms with van der Waals surface area (Å²) in [5.74, 6) is 0.187. The molecular formula is C13H10Cl2N2O3. The summed E-state index contributed by atoms with van der Waals surface area (Å²) in [4.78, 5) is 14.4. The maximum absolute atomic E-state index is 11.0. The molecule has 2 rings (SSSR count). The van der Waals surface area contributed by atoms with Crippen LogP contribution in [-0.2, 0) is 6.61 Å². The Balaban J connectivity index is 2.20. The second-order valence-corrected chi connectivity index (χ2v) is 4.85. The SMILES string of the molecule is Cc1ccc(OCc2ccc(Cl)nc2Cl)c([N+](=O)[O-])c1. The highest BCUT2D eigenvalue weighted by Gasteiger charge is 2.15. The molecule has 20 heavy (non-hydrogen) atoms.